The summed E-state index contributed by atoms with van der Waals surface area (Å²) in [7, 11) is -4.10. The first kappa shape index (κ1) is 19.6. The van der Waals surface area contributed by atoms with Gasteiger partial charge in [-0.25, -0.2) is 8.42 Å². The van der Waals surface area contributed by atoms with Gasteiger partial charge in [0.2, 0.25) is 15.6 Å². The Morgan fingerprint density at radius 1 is 1.22 bits per heavy atom. The molecule has 0 spiro atoms. The molecule has 1 fully saturated rings. The Hall–Kier alpha value is -1.44. The number of sulfone groups is 1. The molecule has 0 saturated heterocycles. The van der Waals surface area contributed by atoms with Crippen molar-refractivity contribution < 1.29 is 22.9 Å². The van der Waals surface area contributed by atoms with Gasteiger partial charge < -0.3 is 4.74 Å². The molecule has 0 bridgehead atoms. The van der Waals surface area contributed by atoms with Gasteiger partial charge in [-0.1, -0.05) is 40.0 Å². The molecule has 1 saturated carbocycles. The number of allylic oxidation sites excluding steroid dienone is 1. The number of carbonyl (C=O) groups is 1. The molecule has 0 N–H and O–H groups in total. The molecular weight excluding hydrogens is 322 g/mol. The fourth-order valence-corrected chi connectivity index (χ4v) is 3.51. The highest BCUT2D eigenvalue weighted by Crippen LogP contribution is 2.34. The normalized spacial score (nSPS) is 18.3. The molecule has 0 radical (unpaired) electrons. The van der Waals surface area contributed by atoms with Gasteiger partial charge in [0.05, 0.1) is 11.3 Å². The van der Waals surface area contributed by atoms with Gasteiger partial charge >= 0.3 is 11.0 Å². The van der Waals surface area contributed by atoms with E-state index in [1.54, 1.807) is 0 Å². The first-order valence-corrected chi connectivity index (χ1v) is 9.60. The molecule has 132 valence electrons. The maximum atomic E-state index is 12.1. The molecular formula is C15H25NO6S. The van der Waals surface area contributed by atoms with Crippen molar-refractivity contribution in [1.29, 1.82) is 0 Å². The molecule has 1 aliphatic rings. The minimum Gasteiger partial charge on any atom is -0.423 e. The number of ether oxygens (including phenoxy) is 1. The number of carbonyl (C=O) groups excluding carboxylic acids is 1. The third-order valence-corrected chi connectivity index (χ3v) is 4.65. The van der Waals surface area contributed by atoms with E-state index in [4.69, 9.17) is 4.74 Å². The molecule has 0 heterocycles. The fraction of sp³-hybridized carbons (Fsp3) is 0.800. The lowest BCUT2D eigenvalue weighted by molar-refractivity contribution is -0.415. The third kappa shape index (κ3) is 6.29. The summed E-state index contributed by atoms with van der Waals surface area (Å²) in [5.41, 5.74) is -0.353. The molecule has 8 heteroatoms. The minimum absolute atomic E-state index is 0.0535. The molecule has 0 aromatic carbocycles. The SMILES string of the molecule is CC(C)(C)CC(=O)O/C(=C(\[N+](=O)[O-])S(C)(=O)=O)C1CCCCC1. The minimum atomic E-state index is -4.10. The highest BCUT2D eigenvalue weighted by atomic mass is 32.2. The van der Waals surface area contributed by atoms with Crippen LogP contribution in [-0.2, 0) is 19.4 Å². The van der Waals surface area contributed by atoms with E-state index in [1.165, 1.54) is 0 Å². The average Bonchev–Trinajstić information content (AvgIpc) is 2.34. The van der Waals surface area contributed by atoms with Crippen LogP contribution in [0.5, 0.6) is 0 Å². The van der Waals surface area contributed by atoms with Crippen LogP contribution in [-0.4, -0.2) is 25.6 Å². The van der Waals surface area contributed by atoms with Gasteiger partial charge in [0.25, 0.3) is 0 Å². The van der Waals surface area contributed by atoms with E-state index in [1.807, 2.05) is 20.8 Å². The summed E-state index contributed by atoms with van der Waals surface area (Å²) in [6.07, 6.45) is 4.66. The second-order valence-corrected chi connectivity index (χ2v) is 9.18. The Balaban J connectivity index is 3.25. The number of rotatable bonds is 5. The Labute approximate surface area is 137 Å². The molecule has 1 aliphatic carbocycles. The van der Waals surface area contributed by atoms with Gasteiger partial charge in [0.15, 0.2) is 0 Å². The Bertz CT molecular complexity index is 594. The molecule has 0 amide bonds. The van der Waals surface area contributed by atoms with Crippen molar-refractivity contribution in [3.63, 3.8) is 0 Å². The van der Waals surface area contributed by atoms with Crippen molar-refractivity contribution in [1.82, 2.24) is 0 Å². The molecule has 23 heavy (non-hydrogen) atoms. The van der Waals surface area contributed by atoms with Crippen LogP contribution in [0.3, 0.4) is 0 Å². The number of esters is 1. The molecule has 0 atom stereocenters. The van der Waals surface area contributed by atoms with E-state index in [2.05, 4.69) is 0 Å². The van der Waals surface area contributed by atoms with Crippen LogP contribution in [0.2, 0.25) is 0 Å². The Morgan fingerprint density at radius 3 is 2.13 bits per heavy atom. The molecule has 0 aliphatic heterocycles. The first-order valence-electron chi connectivity index (χ1n) is 7.71. The molecule has 7 nitrogen and oxygen atoms in total. The van der Waals surface area contributed by atoms with Crippen LogP contribution in [0.25, 0.3) is 0 Å². The van der Waals surface area contributed by atoms with Crippen LogP contribution < -0.4 is 0 Å². The van der Waals surface area contributed by atoms with Gasteiger partial charge in [-0.15, -0.1) is 0 Å². The van der Waals surface area contributed by atoms with Crippen molar-refractivity contribution in [3.05, 3.63) is 20.9 Å². The quantitative estimate of drug-likeness (QED) is 0.328. The third-order valence-electron chi connectivity index (χ3n) is 3.60. The highest BCUT2D eigenvalue weighted by molar-refractivity contribution is 7.94. The summed E-state index contributed by atoms with van der Waals surface area (Å²) in [4.78, 5) is 22.4. The topological polar surface area (TPSA) is 104 Å². The van der Waals surface area contributed by atoms with Gasteiger partial charge in [-0.05, 0) is 18.3 Å². The standard InChI is InChI=1S/C15H25NO6S/c1-15(2,3)10-12(17)22-13(11-8-6-5-7-9-11)14(16(18)19)23(4,20)21/h11H,5-10H2,1-4H3/b14-13+. The fourth-order valence-electron chi connectivity index (χ4n) is 2.67. The van der Waals surface area contributed by atoms with E-state index in [0.29, 0.717) is 12.8 Å². The summed E-state index contributed by atoms with van der Waals surface area (Å²) < 4.78 is 28.9. The van der Waals surface area contributed by atoms with E-state index in [-0.39, 0.29) is 17.6 Å². The zero-order valence-electron chi connectivity index (χ0n) is 14.1. The lowest BCUT2D eigenvalue weighted by Gasteiger charge is -2.24. The summed E-state index contributed by atoms with van der Waals surface area (Å²) in [5.74, 6) is -1.32. The first-order chi connectivity index (χ1) is 10.4. The second kappa shape index (κ2) is 7.42. The van der Waals surface area contributed by atoms with E-state index >= 15 is 0 Å². The number of nitro groups is 1. The smallest absolute Gasteiger partial charge is 0.397 e. The number of hydrogen-bond acceptors (Lipinski definition) is 6. The van der Waals surface area contributed by atoms with Gasteiger partial charge in [-0.3, -0.25) is 14.9 Å². The van der Waals surface area contributed by atoms with Gasteiger partial charge in [-0.2, -0.15) is 0 Å². The molecule has 0 aromatic heterocycles. The van der Waals surface area contributed by atoms with Gasteiger partial charge in [0, 0.05) is 12.2 Å². The zero-order valence-corrected chi connectivity index (χ0v) is 14.9. The van der Waals surface area contributed by atoms with Crippen molar-refractivity contribution in [2.24, 2.45) is 11.3 Å². The van der Waals surface area contributed by atoms with E-state index in [0.717, 1.165) is 25.5 Å². The predicted octanol–water partition coefficient (Wildman–Crippen LogP) is 3.04. The van der Waals surface area contributed by atoms with Crippen molar-refractivity contribution in [3.8, 4) is 0 Å². The molecule has 0 unspecified atom stereocenters. The lowest BCUT2D eigenvalue weighted by Crippen LogP contribution is -2.24. The van der Waals surface area contributed by atoms with Crippen LogP contribution in [0.1, 0.15) is 59.3 Å². The summed E-state index contributed by atoms with van der Waals surface area (Å²) in [6.45, 7) is 5.51. The van der Waals surface area contributed by atoms with Crippen LogP contribution >= 0.6 is 0 Å². The highest BCUT2D eigenvalue weighted by Gasteiger charge is 2.37. The summed E-state index contributed by atoms with van der Waals surface area (Å²) in [5, 5.41) is 10.3. The van der Waals surface area contributed by atoms with E-state index < -0.39 is 31.7 Å². The van der Waals surface area contributed by atoms with Crippen molar-refractivity contribution in [2.75, 3.05) is 6.26 Å². The van der Waals surface area contributed by atoms with Crippen LogP contribution in [0, 0.1) is 21.4 Å². The summed E-state index contributed by atoms with van der Waals surface area (Å²) >= 11 is 0. The largest absolute Gasteiger partial charge is 0.423 e. The second-order valence-electron chi connectivity index (χ2n) is 7.25. The van der Waals surface area contributed by atoms with E-state index in [9.17, 15) is 23.3 Å². The van der Waals surface area contributed by atoms with Crippen molar-refractivity contribution >= 4 is 15.8 Å². The van der Waals surface area contributed by atoms with Crippen LogP contribution in [0.15, 0.2) is 10.8 Å². The number of nitrogens with zero attached hydrogens (tertiary/aromatic N) is 1. The van der Waals surface area contributed by atoms with Gasteiger partial charge in [0.1, 0.15) is 0 Å². The molecule has 0 aromatic rings. The maximum Gasteiger partial charge on any atom is 0.397 e. The maximum absolute atomic E-state index is 12.1. The zero-order chi connectivity index (χ0) is 17.8. The summed E-state index contributed by atoms with van der Waals surface area (Å²) in [6, 6.07) is 0. The van der Waals surface area contributed by atoms with Crippen molar-refractivity contribution in [2.45, 2.75) is 59.3 Å². The van der Waals surface area contributed by atoms with Crippen LogP contribution in [0.4, 0.5) is 0 Å². The average molecular weight is 347 g/mol. The monoisotopic (exact) mass is 347 g/mol. The predicted molar refractivity (Wildman–Crippen MR) is 85.6 cm³/mol. The Kier molecular flexibility index (Phi) is 6.33. The lowest BCUT2D eigenvalue weighted by atomic mass is 9.88. The Morgan fingerprint density at radius 2 is 1.74 bits per heavy atom. The number of hydrogen-bond donors (Lipinski definition) is 0. The molecule has 1 rings (SSSR count).